The van der Waals surface area contributed by atoms with Crippen LogP contribution in [0.3, 0.4) is 0 Å². The Kier molecular flexibility index (Phi) is 3.67. The first kappa shape index (κ1) is 15.7. The molecule has 4 aromatic rings. The van der Waals surface area contributed by atoms with Crippen LogP contribution in [0.25, 0.3) is 28.0 Å². The Morgan fingerprint density at radius 2 is 2.07 bits per heavy atom. The van der Waals surface area contributed by atoms with Crippen LogP contribution in [0.1, 0.15) is 11.3 Å². The molecule has 0 saturated carbocycles. The highest BCUT2D eigenvalue weighted by atomic mass is 16.5. The van der Waals surface area contributed by atoms with Gasteiger partial charge < -0.3 is 4.74 Å². The second-order valence-electron chi connectivity index (χ2n) is 6.45. The second-order valence-corrected chi connectivity index (χ2v) is 6.45. The summed E-state index contributed by atoms with van der Waals surface area (Å²) in [6.45, 7) is 0.629. The summed E-state index contributed by atoms with van der Waals surface area (Å²) in [6, 6.07) is 15.9. The average molecular weight is 355 g/mol. The maximum atomic E-state index is 5.32. The molecule has 0 saturated heterocycles. The van der Waals surface area contributed by atoms with Crippen LogP contribution in [-0.2, 0) is 13.0 Å². The van der Waals surface area contributed by atoms with Crippen molar-refractivity contribution in [2.24, 2.45) is 0 Å². The van der Waals surface area contributed by atoms with E-state index in [4.69, 9.17) is 9.72 Å². The first-order chi connectivity index (χ1) is 13.3. The van der Waals surface area contributed by atoms with Gasteiger partial charge in [-0.3, -0.25) is 4.98 Å². The SMILES string of the molecule is COc1cccc(-c2ccc3nnn(CC4=CCc5ncccc54)c3n2)c1. The predicted molar refractivity (Wildman–Crippen MR) is 103 cm³/mol. The summed E-state index contributed by atoms with van der Waals surface area (Å²) >= 11 is 0. The molecule has 0 spiro atoms. The van der Waals surface area contributed by atoms with Crippen molar-refractivity contribution < 1.29 is 4.74 Å². The molecule has 27 heavy (non-hydrogen) atoms. The van der Waals surface area contributed by atoms with E-state index < -0.39 is 0 Å². The van der Waals surface area contributed by atoms with Gasteiger partial charge in [0.1, 0.15) is 11.3 Å². The molecule has 0 fully saturated rings. The average Bonchev–Trinajstić information content (AvgIpc) is 3.32. The molecular formula is C21H17N5O. The first-order valence-corrected chi connectivity index (χ1v) is 8.80. The second kappa shape index (κ2) is 6.32. The highest BCUT2D eigenvalue weighted by molar-refractivity contribution is 5.77. The molecule has 1 aliphatic rings. The fraction of sp³-hybridized carbons (Fsp3) is 0.143. The monoisotopic (exact) mass is 355 g/mol. The van der Waals surface area contributed by atoms with Crippen molar-refractivity contribution in [3.8, 4) is 17.0 Å². The molecule has 5 rings (SSSR count). The Morgan fingerprint density at radius 1 is 1.11 bits per heavy atom. The Hall–Kier alpha value is -3.54. The molecule has 1 aromatic carbocycles. The van der Waals surface area contributed by atoms with Gasteiger partial charge >= 0.3 is 0 Å². The highest BCUT2D eigenvalue weighted by Crippen LogP contribution is 2.28. The van der Waals surface area contributed by atoms with E-state index in [0.717, 1.165) is 40.3 Å². The lowest BCUT2D eigenvalue weighted by atomic mass is 10.1. The Morgan fingerprint density at radius 3 is 3.00 bits per heavy atom. The number of hydrogen-bond acceptors (Lipinski definition) is 5. The van der Waals surface area contributed by atoms with Crippen LogP contribution in [0.5, 0.6) is 5.75 Å². The largest absolute Gasteiger partial charge is 0.497 e. The molecule has 1 aliphatic carbocycles. The number of ether oxygens (including phenoxy) is 1. The van der Waals surface area contributed by atoms with E-state index in [1.165, 1.54) is 11.1 Å². The Balaban J connectivity index is 1.53. The van der Waals surface area contributed by atoms with Gasteiger partial charge in [0.05, 0.1) is 25.0 Å². The smallest absolute Gasteiger partial charge is 0.179 e. The van der Waals surface area contributed by atoms with Crippen molar-refractivity contribution in [2.45, 2.75) is 13.0 Å². The van der Waals surface area contributed by atoms with Crippen molar-refractivity contribution in [3.63, 3.8) is 0 Å². The number of aromatic nitrogens is 5. The summed E-state index contributed by atoms with van der Waals surface area (Å²) in [5.74, 6) is 0.807. The number of rotatable bonds is 4. The van der Waals surface area contributed by atoms with E-state index in [1.807, 2.05) is 53.3 Å². The number of allylic oxidation sites excluding steroid dienone is 2. The van der Waals surface area contributed by atoms with Gasteiger partial charge in [-0.25, -0.2) is 9.67 Å². The van der Waals surface area contributed by atoms with Crippen molar-refractivity contribution in [1.29, 1.82) is 0 Å². The molecule has 0 atom stereocenters. The Bertz CT molecular complexity index is 1180. The third kappa shape index (κ3) is 2.75. The molecule has 0 bridgehead atoms. The van der Waals surface area contributed by atoms with E-state index in [9.17, 15) is 0 Å². The lowest BCUT2D eigenvalue weighted by Gasteiger charge is -2.07. The van der Waals surface area contributed by atoms with Crippen LogP contribution >= 0.6 is 0 Å². The fourth-order valence-corrected chi connectivity index (χ4v) is 3.44. The van der Waals surface area contributed by atoms with Crippen molar-refractivity contribution in [3.05, 3.63) is 72.1 Å². The first-order valence-electron chi connectivity index (χ1n) is 8.80. The fourth-order valence-electron chi connectivity index (χ4n) is 3.44. The lowest BCUT2D eigenvalue weighted by molar-refractivity contribution is 0.415. The molecule has 0 N–H and O–H groups in total. The molecule has 0 aliphatic heterocycles. The highest BCUT2D eigenvalue weighted by Gasteiger charge is 2.17. The van der Waals surface area contributed by atoms with Gasteiger partial charge in [0.25, 0.3) is 0 Å². The van der Waals surface area contributed by atoms with E-state index in [2.05, 4.69) is 27.4 Å². The van der Waals surface area contributed by atoms with Gasteiger partial charge in [-0.1, -0.05) is 29.5 Å². The summed E-state index contributed by atoms with van der Waals surface area (Å²) in [7, 11) is 1.66. The number of nitrogens with zero attached hydrogens (tertiary/aromatic N) is 5. The van der Waals surface area contributed by atoms with Crippen LogP contribution in [0, 0.1) is 0 Å². The van der Waals surface area contributed by atoms with Crippen LogP contribution in [0.4, 0.5) is 0 Å². The topological polar surface area (TPSA) is 65.7 Å². The molecule has 0 radical (unpaired) electrons. The lowest BCUT2D eigenvalue weighted by Crippen LogP contribution is -2.03. The van der Waals surface area contributed by atoms with Gasteiger partial charge in [-0.15, -0.1) is 5.10 Å². The third-order valence-electron chi connectivity index (χ3n) is 4.82. The van der Waals surface area contributed by atoms with Crippen LogP contribution < -0.4 is 4.74 Å². The van der Waals surface area contributed by atoms with E-state index in [-0.39, 0.29) is 0 Å². The Labute approximate surface area is 156 Å². The zero-order valence-electron chi connectivity index (χ0n) is 14.8. The predicted octanol–water partition coefficient (Wildman–Crippen LogP) is 3.54. The zero-order valence-corrected chi connectivity index (χ0v) is 14.8. The summed E-state index contributed by atoms with van der Waals surface area (Å²) in [4.78, 5) is 9.26. The van der Waals surface area contributed by atoms with Gasteiger partial charge in [-0.05, 0) is 35.9 Å². The van der Waals surface area contributed by atoms with Gasteiger partial charge in [0, 0.05) is 23.7 Å². The summed E-state index contributed by atoms with van der Waals surface area (Å²) in [5.41, 5.74) is 6.93. The minimum atomic E-state index is 0.629. The summed E-state index contributed by atoms with van der Waals surface area (Å²) in [5, 5.41) is 8.59. The molecule has 132 valence electrons. The maximum absolute atomic E-state index is 5.32. The van der Waals surface area contributed by atoms with Crippen molar-refractivity contribution in [1.82, 2.24) is 25.0 Å². The minimum absolute atomic E-state index is 0.629. The molecule has 6 nitrogen and oxygen atoms in total. The normalized spacial score (nSPS) is 12.9. The third-order valence-corrected chi connectivity index (χ3v) is 4.82. The summed E-state index contributed by atoms with van der Waals surface area (Å²) in [6.07, 6.45) is 4.90. The van der Waals surface area contributed by atoms with Gasteiger partial charge in [0.15, 0.2) is 5.65 Å². The molecule has 6 heteroatoms. The number of benzene rings is 1. The van der Waals surface area contributed by atoms with Crippen molar-refractivity contribution in [2.75, 3.05) is 7.11 Å². The molecule has 3 heterocycles. The van der Waals surface area contributed by atoms with Crippen molar-refractivity contribution >= 4 is 16.7 Å². The quantitative estimate of drug-likeness (QED) is 0.560. The van der Waals surface area contributed by atoms with E-state index in [0.29, 0.717) is 6.54 Å². The van der Waals surface area contributed by atoms with Crippen LogP contribution in [-0.4, -0.2) is 32.1 Å². The van der Waals surface area contributed by atoms with Crippen LogP contribution in [0.2, 0.25) is 0 Å². The van der Waals surface area contributed by atoms with Gasteiger partial charge in [0.2, 0.25) is 0 Å². The number of hydrogen-bond donors (Lipinski definition) is 0. The molecule has 0 amide bonds. The number of fused-ring (bicyclic) bond motifs is 2. The van der Waals surface area contributed by atoms with Crippen LogP contribution in [0.15, 0.2) is 60.8 Å². The molecular weight excluding hydrogens is 338 g/mol. The summed E-state index contributed by atoms with van der Waals surface area (Å²) < 4.78 is 7.18. The molecule has 0 unspecified atom stereocenters. The maximum Gasteiger partial charge on any atom is 0.179 e. The minimum Gasteiger partial charge on any atom is -0.497 e. The number of pyridine rings is 2. The van der Waals surface area contributed by atoms with E-state index in [1.54, 1.807) is 7.11 Å². The number of methoxy groups -OCH3 is 1. The van der Waals surface area contributed by atoms with Gasteiger partial charge in [-0.2, -0.15) is 0 Å². The molecule has 3 aromatic heterocycles. The van der Waals surface area contributed by atoms with E-state index >= 15 is 0 Å². The zero-order chi connectivity index (χ0) is 18.2. The standard InChI is InChI=1S/C21H17N5O/c1-27-16-5-2-4-14(12-16)18-9-10-20-21(23-18)26(25-24-20)13-15-7-8-19-17(15)6-3-11-22-19/h2-7,9-12H,8,13H2,1H3.